The second kappa shape index (κ2) is 4.38. The third-order valence-electron chi connectivity index (χ3n) is 2.72. The Morgan fingerprint density at radius 1 is 1.41 bits per heavy atom. The first-order valence-corrected chi connectivity index (χ1v) is 5.02. The molecule has 0 atom stereocenters. The predicted octanol–water partition coefficient (Wildman–Crippen LogP) is 0.912. The number of amides is 1. The highest BCUT2D eigenvalue weighted by atomic mass is 19.2. The number of ether oxygens (including phenoxy) is 1. The van der Waals surface area contributed by atoms with Crippen LogP contribution in [0.4, 0.5) is 14.5 Å². The molecular weight excluding hydrogens is 232 g/mol. The number of aliphatic hydroxyl groups is 1. The lowest BCUT2D eigenvalue weighted by Crippen LogP contribution is -2.54. The second-order valence-corrected chi connectivity index (χ2v) is 4.01. The van der Waals surface area contributed by atoms with Gasteiger partial charge in [0.05, 0.1) is 19.8 Å². The van der Waals surface area contributed by atoms with E-state index in [1.54, 1.807) is 0 Å². The Morgan fingerprint density at radius 3 is 2.59 bits per heavy atom. The Kier molecular flexibility index (Phi) is 3.08. The minimum absolute atomic E-state index is 0.124. The number of rotatable bonds is 3. The van der Waals surface area contributed by atoms with Crippen molar-refractivity contribution in [2.45, 2.75) is 0 Å². The maximum atomic E-state index is 12.9. The van der Waals surface area contributed by atoms with Gasteiger partial charge >= 0.3 is 0 Å². The van der Waals surface area contributed by atoms with Crippen LogP contribution in [0.2, 0.25) is 0 Å². The van der Waals surface area contributed by atoms with Gasteiger partial charge in [-0.15, -0.1) is 0 Å². The number of benzene rings is 1. The van der Waals surface area contributed by atoms with Crippen molar-refractivity contribution in [3.8, 4) is 0 Å². The van der Waals surface area contributed by atoms with Gasteiger partial charge in [0, 0.05) is 11.8 Å². The summed E-state index contributed by atoms with van der Waals surface area (Å²) in [5.41, 5.74) is -0.821. The molecule has 0 bridgehead atoms. The van der Waals surface area contributed by atoms with E-state index in [1.165, 1.54) is 6.07 Å². The van der Waals surface area contributed by atoms with Crippen LogP contribution in [0.25, 0.3) is 0 Å². The van der Waals surface area contributed by atoms with Gasteiger partial charge in [0.2, 0.25) is 5.91 Å². The molecule has 0 unspecified atom stereocenters. The quantitative estimate of drug-likeness (QED) is 0.829. The Hall–Kier alpha value is -1.53. The van der Waals surface area contributed by atoms with Crippen LogP contribution in [-0.2, 0) is 9.53 Å². The molecule has 1 fully saturated rings. The molecule has 1 aromatic rings. The zero-order chi connectivity index (χ0) is 12.5. The fraction of sp³-hybridized carbons (Fsp3) is 0.364. The van der Waals surface area contributed by atoms with E-state index in [-0.39, 0.29) is 25.5 Å². The van der Waals surface area contributed by atoms with Gasteiger partial charge in [-0.1, -0.05) is 0 Å². The summed E-state index contributed by atoms with van der Waals surface area (Å²) in [6.07, 6.45) is 0. The Morgan fingerprint density at radius 2 is 2.12 bits per heavy atom. The minimum Gasteiger partial charge on any atom is -0.395 e. The molecule has 0 radical (unpaired) electrons. The fourth-order valence-corrected chi connectivity index (χ4v) is 1.48. The van der Waals surface area contributed by atoms with Gasteiger partial charge in [0.15, 0.2) is 11.6 Å². The largest absolute Gasteiger partial charge is 0.395 e. The molecule has 17 heavy (non-hydrogen) atoms. The first-order chi connectivity index (χ1) is 8.07. The number of hydrogen-bond donors (Lipinski definition) is 2. The van der Waals surface area contributed by atoms with Crippen molar-refractivity contribution in [3.63, 3.8) is 0 Å². The van der Waals surface area contributed by atoms with Gasteiger partial charge in [-0.2, -0.15) is 0 Å². The lowest BCUT2D eigenvalue weighted by molar-refractivity contribution is -0.164. The van der Waals surface area contributed by atoms with Crippen molar-refractivity contribution in [1.29, 1.82) is 0 Å². The number of aliphatic hydroxyl groups excluding tert-OH is 1. The standard InChI is InChI=1S/C11H11F2NO3/c12-8-2-1-7(3-9(8)13)14-10(16)11(4-15)5-17-6-11/h1-3,15H,4-6H2,(H,14,16). The molecule has 4 nitrogen and oxygen atoms in total. The van der Waals surface area contributed by atoms with Crippen molar-refractivity contribution in [1.82, 2.24) is 0 Å². The third-order valence-corrected chi connectivity index (χ3v) is 2.72. The average molecular weight is 243 g/mol. The maximum Gasteiger partial charge on any atom is 0.237 e. The molecule has 1 aromatic carbocycles. The number of nitrogens with one attached hydrogen (secondary N) is 1. The normalized spacial score (nSPS) is 17.4. The highest BCUT2D eigenvalue weighted by Crippen LogP contribution is 2.28. The van der Waals surface area contributed by atoms with Crippen LogP contribution in [-0.4, -0.2) is 30.8 Å². The number of carbonyl (C=O) groups is 1. The van der Waals surface area contributed by atoms with Crippen LogP contribution < -0.4 is 5.32 Å². The van der Waals surface area contributed by atoms with E-state index < -0.39 is 23.0 Å². The zero-order valence-electron chi connectivity index (χ0n) is 8.87. The first kappa shape index (κ1) is 11.9. The Labute approximate surface area is 96.2 Å². The Balaban J connectivity index is 2.10. The number of hydrogen-bond acceptors (Lipinski definition) is 3. The van der Waals surface area contributed by atoms with Gasteiger partial charge in [-0.05, 0) is 12.1 Å². The van der Waals surface area contributed by atoms with E-state index >= 15 is 0 Å². The van der Waals surface area contributed by atoms with Crippen molar-refractivity contribution in [2.75, 3.05) is 25.1 Å². The van der Waals surface area contributed by atoms with Gasteiger partial charge in [-0.3, -0.25) is 4.79 Å². The highest BCUT2D eigenvalue weighted by Gasteiger charge is 2.45. The molecule has 1 aliphatic rings. The summed E-state index contributed by atoms with van der Waals surface area (Å²) in [7, 11) is 0. The summed E-state index contributed by atoms with van der Waals surface area (Å²) in [5, 5.41) is 11.5. The first-order valence-electron chi connectivity index (χ1n) is 5.02. The Bertz CT molecular complexity index is 441. The molecular formula is C11H11F2NO3. The van der Waals surface area contributed by atoms with E-state index in [4.69, 9.17) is 9.84 Å². The molecule has 1 saturated heterocycles. The molecule has 0 aliphatic carbocycles. The van der Waals surface area contributed by atoms with E-state index in [0.29, 0.717) is 0 Å². The van der Waals surface area contributed by atoms with Gasteiger partial charge in [0.1, 0.15) is 5.41 Å². The summed E-state index contributed by atoms with van der Waals surface area (Å²) in [5.74, 6) is -2.48. The monoisotopic (exact) mass is 243 g/mol. The second-order valence-electron chi connectivity index (χ2n) is 4.01. The molecule has 1 amide bonds. The number of halogens is 2. The molecule has 1 heterocycles. The molecule has 0 aromatic heterocycles. The maximum absolute atomic E-state index is 12.9. The zero-order valence-corrected chi connectivity index (χ0v) is 8.87. The smallest absolute Gasteiger partial charge is 0.237 e. The van der Waals surface area contributed by atoms with E-state index in [2.05, 4.69) is 5.32 Å². The molecule has 2 rings (SSSR count). The molecule has 2 N–H and O–H groups in total. The highest BCUT2D eigenvalue weighted by molar-refractivity contribution is 5.96. The van der Waals surface area contributed by atoms with Crippen LogP contribution in [0.3, 0.4) is 0 Å². The van der Waals surface area contributed by atoms with Crippen LogP contribution >= 0.6 is 0 Å². The predicted molar refractivity (Wildman–Crippen MR) is 55.3 cm³/mol. The van der Waals surface area contributed by atoms with E-state index in [1.807, 2.05) is 0 Å². The van der Waals surface area contributed by atoms with Gasteiger partial charge < -0.3 is 15.2 Å². The van der Waals surface area contributed by atoms with Crippen LogP contribution in [0.15, 0.2) is 18.2 Å². The van der Waals surface area contributed by atoms with Crippen LogP contribution in [0.5, 0.6) is 0 Å². The van der Waals surface area contributed by atoms with Crippen molar-refractivity contribution >= 4 is 11.6 Å². The summed E-state index contributed by atoms with van der Waals surface area (Å²) in [4.78, 5) is 11.8. The van der Waals surface area contributed by atoms with Crippen molar-refractivity contribution in [2.24, 2.45) is 5.41 Å². The number of anilines is 1. The molecule has 1 aliphatic heterocycles. The average Bonchev–Trinajstić information content (AvgIpc) is 2.23. The lowest BCUT2D eigenvalue weighted by atomic mass is 9.86. The molecule has 92 valence electrons. The van der Waals surface area contributed by atoms with Crippen LogP contribution in [0, 0.1) is 17.0 Å². The summed E-state index contributed by atoms with van der Waals surface area (Å²) < 4.78 is 30.4. The van der Waals surface area contributed by atoms with E-state index in [9.17, 15) is 13.6 Å². The minimum atomic E-state index is -1.04. The van der Waals surface area contributed by atoms with Crippen LogP contribution in [0.1, 0.15) is 0 Å². The summed E-state index contributed by atoms with van der Waals surface area (Å²) in [6.45, 7) is -0.0967. The summed E-state index contributed by atoms with van der Waals surface area (Å²) in [6, 6.07) is 3.06. The molecule has 0 spiro atoms. The molecule has 0 saturated carbocycles. The van der Waals surface area contributed by atoms with Gasteiger partial charge in [0.25, 0.3) is 0 Å². The SMILES string of the molecule is O=C(Nc1ccc(F)c(F)c1)C1(CO)COC1. The van der Waals surface area contributed by atoms with Crippen molar-refractivity contribution < 1.29 is 23.4 Å². The lowest BCUT2D eigenvalue weighted by Gasteiger charge is -2.37. The van der Waals surface area contributed by atoms with Gasteiger partial charge in [-0.25, -0.2) is 8.78 Å². The fourth-order valence-electron chi connectivity index (χ4n) is 1.48. The van der Waals surface area contributed by atoms with E-state index in [0.717, 1.165) is 12.1 Å². The molecule has 6 heteroatoms. The number of carbonyl (C=O) groups excluding carboxylic acids is 1. The topological polar surface area (TPSA) is 58.6 Å². The van der Waals surface area contributed by atoms with Crippen molar-refractivity contribution in [3.05, 3.63) is 29.8 Å². The third kappa shape index (κ3) is 2.13. The summed E-state index contributed by atoms with van der Waals surface area (Å²) >= 11 is 0.